The molecular formula is C12H10ClNOS3. The Bertz CT molecular complexity index is 592. The second-order valence-corrected chi connectivity index (χ2v) is 6.83. The van der Waals surface area contributed by atoms with Gasteiger partial charge in [0.15, 0.2) is 0 Å². The Morgan fingerprint density at radius 3 is 2.61 bits per heavy atom. The minimum Gasteiger partial charge on any atom is -0.389 e. The van der Waals surface area contributed by atoms with E-state index in [1.807, 2.05) is 11.4 Å². The van der Waals surface area contributed by atoms with Gasteiger partial charge >= 0.3 is 0 Å². The largest absolute Gasteiger partial charge is 0.389 e. The van der Waals surface area contributed by atoms with Gasteiger partial charge in [0.1, 0.15) is 4.99 Å². The van der Waals surface area contributed by atoms with E-state index in [2.05, 4.69) is 0 Å². The maximum absolute atomic E-state index is 12.2. The van der Waals surface area contributed by atoms with E-state index in [1.165, 1.54) is 11.3 Å². The summed E-state index contributed by atoms with van der Waals surface area (Å²) in [4.78, 5) is 1.94. The number of hydrogen-bond donors (Lipinski definition) is 1. The number of thiophene rings is 1. The molecule has 1 atom stereocenters. The van der Waals surface area contributed by atoms with E-state index in [-0.39, 0.29) is 0 Å². The Morgan fingerprint density at radius 2 is 2.00 bits per heavy atom. The van der Waals surface area contributed by atoms with Gasteiger partial charge in [-0.1, -0.05) is 23.8 Å². The van der Waals surface area contributed by atoms with Crippen LogP contribution < -0.4 is 5.73 Å². The molecule has 2 nitrogen and oxygen atoms in total. The molecule has 0 spiro atoms. The minimum atomic E-state index is -1.12. The molecular weight excluding hydrogens is 306 g/mol. The van der Waals surface area contributed by atoms with Gasteiger partial charge in [0.05, 0.1) is 21.4 Å². The molecule has 0 amide bonds. The highest BCUT2D eigenvalue weighted by Crippen LogP contribution is 2.21. The lowest BCUT2D eigenvalue weighted by Gasteiger charge is -2.03. The third kappa shape index (κ3) is 3.17. The number of rotatable bonds is 4. The van der Waals surface area contributed by atoms with E-state index in [0.717, 1.165) is 15.3 Å². The molecule has 1 aromatic carbocycles. The van der Waals surface area contributed by atoms with E-state index in [1.54, 1.807) is 24.3 Å². The smallest absolute Gasteiger partial charge is 0.114 e. The van der Waals surface area contributed by atoms with Crippen molar-refractivity contribution in [2.45, 2.75) is 10.6 Å². The molecule has 0 saturated heterocycles. The van der Waals surface area contributed by atoms with Gasteiger partial charge in [0.2, 0.25) is 0 Å². The summed E-state index contributed by atoms with van der Waals surface area (Å²) in [5.41, 5.74) is 6.55. The highest BCUT2D eigenvalue weighted by Gasteiger charge is 2.11. The lowest BCUT2D eigenvalue weighted by molar-refractivity contribution is 0.682. The van der Waals surface area contributed by atoms with Crippen LogP contribution in [-0.4, -0.2) is 9.20 Å². The molecule has 94 valence electrons. The molecule has 2 aromatic rings. The first-order valence-electron chi connectivity index (χ1n) is 5.08. The van der Waals surface area contributed by atoms with Gasteiger partial charge < -0.3 is 5.73 Å². The molecule has 1 unspecified atom stereocenters. The predicted molar refractivity (Wildman–Crippen MR) is 81.8 cm³/mol. The molecule has 0 aliphatic rings. The van der Waals surface area contributed by atoms with E-state index in [4.69, 9.17) is 29.6 Å². The summed E-state index contributed by atoms with van der Waals surface area (Å²) < 4.78 is 12.2. The lowest BCUT2D eigenvalue weighted by atomic mass is 10.3. The van der Waals surface area contributed by atoms with Crippen molar-refractivity contribution in [3.8, 4) is 0 Å². The molecule has 18 heavy (non-hydrogen) atoms. The molecule has 0 aliphatic carbocycles. The van der Waals surface area contributed by atoms with Crippen molar-refractivity contribution in [3.05, 3.63) is 51.2 Å². The predicted octanol–water partition coefficient (Wildman–Crippen LogP) is 3.34. The molecule has 0 aliphatic heterocycles. The van der Waals surface area contributed by atoms with Gasteiger partial charge in [0.25, 0.3) is 0 Å². The lowest BCUT2D eigenvalue weighted by Crippen LogP contribution is -2.10. The normalized spacial score (nSPS) is 12.3. The van der Waals surface area contributed by atoms with Crippen LogP contribution in [0, 0.1) is 0 Å². The van der Waals surface area contributed by atoms with Gasteiger partial charge in [-0.15, -0.1) is 11.3 Å². The number of nitrogens with two attached hydrogens (primary N) is 1. The van der Waals surface area contributed by atoms with Crippen LogP contribution in [-0.2, 0) is 16.6 Å². The molecule has 0 radical (unpaired) electrons. The summed E-state index contributed by atoms with van der Waals surface area (Å²) in [6, 6.07) is 8.91. The van der Waals surface area contributed by atoms with Gasteiger partial charge in [-0.2, -0.15) is 0 Å². The fourth-order valence-electron chi connectivity index (χ4n) is 1.48. The first kappa shape index (κ1) is 13.7. The summed E-state index contributed by atoms with van der Waals surface area (Å²) >= 11 is 12.2. The van der Waals surface area contributed by atoms with Crippen LogP contribution in [0.3, 0.4) is 0 Å². The summed E-state index contributed by atoms with van der Waals surface area (Å²) in [5.74, 6) is 0.414. The Morgan fingerprint density at radius 1 is 1.33 bits per heavy atom. The standard InChI is InChI=1S/C12H10ClNOS3/c13-9-1-3-10(4-2-9)18(15)7-8-5-6-17-11(8)12(14)16/h1-6H,7H2,(H2,14,16). The molecule has 2 rings (SSSR count). The van der Waals surface area contributed by atoms with E-state index >= 15 is 0 Å². The quantitative estimate of drug-likeness (QED) is 0.880. The van der Waals surface area contributed by atoms with Crippen LogP contribution in [0.4, 0.5) is 0 Å². The first-order valence-corrected chi connectivity index (χ1v) is 8.06. The monoisotopic (exact) mass is 315 g/mol. The number of hydrogen-bond acceptors (Lipinski definition) is 3. The molecule has 1 aromatic heterocycles. The average Bonchev–Trinajstić information content (AvgIpc) is 2.78. The molecule has 0 saturated carbocycles. The van der Waals surface area contributed by atoms with Crippen molar-refractivity contribution in [1.82, 2.24) is 0 Å². The van der Waals surface area contributed by atoms with Crippen LogP contribution in [0.15, 0.2) is 40.6 Å². The maximum atomic E-state index is 12.2. The number of halogens is 1. The average molecular weight is 316 g/mol. The van der Waals surface area contributed by atoms with Crippen molar-refractivity contribution in [3.63, 3.8) is 0 Å². The van der Waals surface area contributed by atoms with Crippen LogP contribution in [0.2, 0.25) is 5.02 Å². The Labute approximate surface area is 122 Å². The Kier molecular flexibility index (Phi) is 4.50. The van der Waals surface area contributed by atoms with Gasteiger partial charge in [-0.25, -0.2) is 0 Å². The van der Waals surface area contributed by atoms with Gasteiger partial charge in [-0.05, 0) is 41.3 Å². The van der Waals surface area contributed by atoms with Crippen molar-refractivity contribution in [2.75, 3.05) is 0 Å². The van der Waals surface area contributed by atoms with Crippen molar-refractivity contribution < 1.29 is 4.21 Å². The molecule has 0 bridgehead atoms. The fourth-order valence-corrected chi connectivity index (χ4v) is 3.87. The molecule has 2 N–H and O–H groups in total. The zero-order chi connectivity index (χ0) is 13.1. The minimum absolute atomic E-state index is 0.355. The zero-order valence-corrected chi connectivity index (χ0v) is 12.5. The van der Waals surface area contributed by atoms with Crippen LogP contribution in [0.1, 0.15) is 10.4 Å². The summed E-state index contributed by atoms with van der Waals surface area (Å²) in [6.07, 6.45) is 0. The summed E-state index contributed by atoms with van der Waals surface area (Å²) in [6.45, 7) is 0. The van der Waals surface area contributed by atoms with Crippen molar-refractivity contribution in [1.29, 1.82) is 0 Å². The van der Waals surface area contributed by atoms with Crippen molar-refractivity contribution in [2.24, 2.45) is 5.73 Å². The van der Waals surface area contributed by atoms with E-state index in [9.17, 15) is 4.21 Å². The van der Waals surface area contributed by atoms with E-state index < -0.39 is 10.8 Å². The maximum Gasteiger partial charge on any atom is 0.114 e. The van der Waals surface area contributed by atoms with Gasteiger partial charge in [-0.3, -0.25) is 4.21 Å². The van der Waals surface area contributed by atoms with Crippen LogP contribution in [0.25, 0.3) is 0 Å². The topological polar surface area (TPSA) is 43.1 Å². The number of thiocarbonyl (C=S) groups is 1. The fraction of sp³-hybridized carbons (Fsp3) is 0.0833. The van der Waals surface area contributed by atoms with Gasteiger partial charge in [0, 0.05) is 9.92 Å². The van der Waals surface area contributed by atoms with Crippen molar-refractivity contribution >= 4 is 50.9 Å². The molecule has 1 heterocycles. The third-order valence-corrected chi connectivity index (χ3v) is 5.28. The SMILES string of the molecule is NC(=S)c1sccc1CS(=O)c1ccc(Cl)cc1. The first-order chi connectivity index (χ1) is 8.58. The summed E-state index contributed by atoms with van der Waals surface area (Å²) in [7, 11) is -1.12. The second kappa shape index (κ2) is 5.93. The van der Waals surface area contributed by atoms with E-state index in [0.29, 0.717) is 15.8 Å². The van der Waals surface area contributed by atoms with Crippen LogP contribution in [0.5, 0.6) is 0 Å². The third-order valence-electron chi connectivity index (χ3n) is 2.33. The second-order valence-electron chi connectivity index (χ2n) is 3.58. The highest BCUT2D eigenvalue weighted by molar-refractivity contribution is 7.84. The Hall–Kier alpha value is -0.750. The molecule has 6 heteroatoms. The Balaban J connectivity index is 2.19. The highest BCUT2D eigenvalue weighted by atomic mass is 35.5. The molecule has 0 fully saturated rings. The summed E-state index contributed by atoms with van der Waals surface area (Å²) in [5, 5.41) is 2.54. The zero-order valence-electron chi connectivity index (χ0n) is 9.26. The number of benzene rings is 1. The van der Waals surface area contributed by atoms with Crippen LogP contribution >= 0.6 is 35.2 Å².